The van der Waals surface area contributed by atoms with E-state index in [1.165, 1.54) is 12.1 Å². The summed E-state index contributed by atoms with van der Waals surface area (Å²) in [6.45, 7) is 13.5. The van der Waals surface area contributed by atoms with Gasteiger partial charge in [-0.05, 0) is 58.9 Å². The number of rotatable bonds is 8. The molecule has 1 aromatic rings. The van der Waals surface area contributed by atoms with E-state index in [4.69, 9.17) is 4.74 Å². The van der Waals surface area contributed by atoms with Crippen LogP contribution in [0.4, 0.5) is 0 Å². The Hall–Kier alpha value is -1.44. The van der Waals surface area contributed by atoms with E-state index < -0.39 is 15.5 Å². The van der Waals surface area contributed by atoms with Gasteiger partial charge in [0.05, 0.1) is 31.1 Å². The monoisotopic (exact) mass is 357 g/mol. The molecule has 0 fully saturated rings. The number of benzene rings is 1. The highest BCUT2D eigenvalue weighted by molar-refractivity contribution is 7.85. The minimum atomic E-state index is -4.50. The fraction of sp³-hybridized carbons (Fsp3) is 0.588. The van der Waals surface area contributed by atoms with Crippen LogP contribution in [0.25, 0.3) is 0 Å². The van der Waals surface area contributed by atoms with Crippen molar-refractivity contribution in [2.45, 2.75) is 39.5 Å². The van der Waals surface area contributed by atoms with Crippen molar-refractivity contribution >= 4 is 16.1 Å². The molecular weight excluding hydrogens is 330 g/mol. The van der Waals surface area contributed by atoms with Crippen LogP contribution in [-0.4, -0.2) is 49.6 Å². The molecule has 6 nitrogen and oxygen atoms in total. The summed E-state index contributed by atoms with van der Waals surface area (Å²) in [5.74, 6) is -0.152. The molecular formula is C17H27NO5S. The second kappa shape index (κ2) is 7.63. The molecule has 1 aromatic carbocycles. The van der Waals surface area contributed by atoms with Crippen molar-refractivity contribution in [3.63, 3.8) is 0 Å². The van der Waals surface area contributed by atoms with Gasteiger partial charge in [0.2, 0.25) is 0 Å². The Labute approximate surface area is 144 Å². The summed E-state index contributed by atoms with van der Waals surface area (Å²) in [5.41, 5.74) is -0.689. The van der Waals surface area contributed by atoms with Gasteiger partial charge >= 0.3 is 5.97 Å². The topological polar surface area (TPSA) is 83.5 Å². The van der Waals surface area contributed by atoms with Crippen LogP contribution >= 0.6 is 0 Å². The lowest BCUT2D eigenvalue weighted by Crippen LogP contribution is -2.55. The lowest BCUT2D eigenvalue weighted by molar-refractivity contribution is -0.927. The van der Waals surface area contributed by atoms with Gasteiger partial charge in [0.1, 0.15) is 21.3 Å². The van der Waals surface area contributed by atoms with E-state index in [0.717, 1.165) is 36.3 Å². The summed E-state index contributed by atoms with van der Waals surface area (Å²) in [4.78, 5) is 12.2. The van der Waals surface area contributed by atoms with Gasteiger partial charge in [-0.1, -0.05) is 0 Å². The van der Waals surface area contributed by atoms with Crippen LogP contribution in [0.5, 0.6) is 5.75 Å². The van der Waals surface area contributed by atoms with E-state index in [-0.39, 0.29) is 16.6 Å². The highest BCUT2D eigenvalue weighted by atomic mass is 32.2. The minimum Gasteiger partial charge on any atom is -0.744 e. The van der Waals surface area contributed by atoms with Gasteiger partial charge in [-0.25, -0.2) is 8.42 Å². The highest BCUT2D eigenvalue weighted by Gasteiger charge is 2.39. The van der Waals surface area contributed by atoms with Crippen LogP contribution in [-0.2, 0) is 14.9 Å². The first kappa shape index (κ1) is 20.6. The van der Waals surface area contributed by atoms with Gasteiger partial charge in [0.25, 0.3) is 0 Å². The smallest absolute Gasteiger partial charge is 0.322 e. The molecule has 0 aliphatic heterocycles. The molecule has 0 N–H and O–H groups in total. The average molecular weight is 357 g/mol. The maximum absolute atomic E-state index is 12.5. The largest absolute Gasteiger partial charge is 0.744 e. The number of carbonyl (C=O) groups excluding carboxylic acids is 1. The third kappa shape index (κ3) is 5.03. The summed E-state index contributed by atoms with van der Waals surface area (Å²) in [6.07, 6.45) is 0. The first-order valence-electron chi connectivity index (χ1n) is 8.13. The Balaban J connectivity index is 2.89. The zero-order valence-electron chi connectivity index (χ0n) is 15.0. The molecule has 7 heteroatoms. The van der Waals surface area contributed by atoms with E-state index in [2.05, 4.69) is 20.8 Å². The molecule has 0 atom stereocenters. The first-order valence-corrected chi connectivity index (χ1v) is 9.54. The molecule has 0 heterocycles. The minimum absolute atomic E-state index is 0.225. The van der Waals surface area contributed by atoms with E-state index in [9.17, 15) is 17.8 Å². The summed E-state index contributed by atoms with van der Waals surface area (Å²) >= 11 is 0. The number of quaternary nitrogens is 1. The summed E-state index contributed by atoms with van der Waals surface area (Å²) in [6, 6.07) is 4.92. The molecule has 0 saturated carbocycles. The van der Waals surface area contributed by atoms with Crippen molar-refractivity contribution in [3.8, 4) is 5.75 Å². The number of carbonyl (C=O) groups is 1. The predicted octanol–water partition coefficient (Wildman–Crippen LogP) is 2.40. The predicted molar refractivity (Wildman–Crippen MR) is 90.6 cm³/mol. The van der Waals surface area contributed by atoms with Crippen molar-refractivity contribution in [2.24, 2.45) is 5.41 Å². The lowest BCUT2D eigenvalue weighted by Gasteiger charge is -2.40. The zero-order chi connectivity index (χ0) is 18.6. The number of nitrogens with zero attached hydrogens (tertiary/aromatic N) is 1. The number of esters is 1. The van der Waals surface area contributed by atoms with E-state index >= 15 is 0 Å². The number of hydrogen-bond acceptors (Lipinski definition) is 5. The van der Waals surface area contributed by atoms with E-state index in [1.54, 1.807) is 0 Å². The molecule has 0 aromatic heterocycles. The van der Waals surface area contributed by atoms with Crippen LogP contribution in [0.2, 0.25) is 0 Å². The van der Waals surface area contributed by atoms with Gasteiger partial charge in [-0.15, -0.1) is 0 Å². The van der Waals surface area contributed by atoms with Gasteiger partial charge in [0.15, 0.2) is 0 Å². The standard InChI is InChI=1S/C17H27NO5S/c1-6-18(7-2,8-3)13-17(4,5)16(19)23-14-9-11-15(12-10-14)24(20,21)22/h9-12H,6-8,13H2,1-5H3. The summed E-state index contributed by atoms with van der Waals surface area (Å²) < 4.78 is 38.9. The van der Waals surface area contributed by atoms with Crippen LogP contribution in [0.1, 0.15) is 34.6 Å². The van der Waals surface area contributed by atoms with Gasteiger partial charge in [0, 0.05) is 0 Å². The van der Waals surface area contributed by atoms with Crippen molar-refractivity contribution < 1.29 is 27.0 Å². The second-order valence-electron chi connectivity index (χ2n) is 6.65. The Morgan fingerprint density at radius 1 is 1.08 bits per heavy atom. The molecule has 0 bridgehead atoms. The molecule has 136 valence electrons. The third-order valence-electron chi connectivity index (χ3n) is 4.62. The van der Waals surface area contributed by atoms with Crippen molar-refractivity contribution in [3.05, 3.63) is 24.3 Å². The first-order chi connectivity index (χ1) is 11.0. The molecule has 0 saturated heterocycles. The number of hydrogen-bond donors (Lipinski definition) is 0. The lowest BCUT2D eigenvalue weighted by atomic mass is 9.91. The van der Waals surface area contributed by atoms with E-state index in [0.29, 0.717) is 6.54 Å². The zero-order valence-corrected chi connectivity index (χ0v) is 15.9. The Bertz CT molecular complexity index is 652. The maximum Gasteiger partial charge on any atom is 0.322 e. The van der Waals surface area contributed by atoms with Gasteiger partial charge in [-0.2, -0.15) is 0 Å². The average Bonchev–Trinajstić information content (AvgIpc) is 2.52. The van der Waals surface area contributed by atoms with Crippen LogP contribution in [0.15, 0.2) is 29.2 Å². The molecule has 0 radical (unpaired) electrons. The van der Waals surface area contributed by atoms with Crippen LogP contribution in [0, 0.1) is 5.41 Å². The van der Waals surface area contributed by atoms with Crippen LogP contribution < -0.4 is 4.74 Å². The molecule has 0 aliphatic carbocycles. The Morgan fingerprint density at radius 2 is 1.54 bits per heavy atom. The summed E-state index contributed by atoms with van der Waals surface area (Å²) in [5, 5.41) is 0. The van der Waals surface area contributed by atoms with Crippen molar-refractivity contribution in [2.75, 3.05) is 26.2 Å². The molecule has 1 rings (SSSR count). The SMILES string of the molecule is CC[N+](CC)(CC)CC(C)(C)C(=O)Oc1ccc(S(=O)(=O)[O-])cc1. The van der Waals surface area contributed by atoms with Crippen LogP contribution in [0.3, 0.4) is 0 Å². The van der Waals surface area contributed by atoms with Crippen molar-refractivity contribution in [1.82, 2.24) is 0 Å². The maximum atomic E-state index is 12.5. The molecule has 0 amide bonds. The van der Waals surface area contributed by atoms with Gasteiger partial charge < -0.3 is 13.8 Å². The quantitative estimate of drug-likeness (QED) is 0.309. The molecule has 0 spiro atoms. The van der Waals surface area contributed by atoms with Gasteiger partial charge in [-0.3, -0.25) is 4.79 Å². The molecule has 0 aliphatic rings. The normalized spacial score (nSPS) is 12.9. The van der Waals surface area contributed by atoms with E-state index in [1.807, 2.05) is 13.8 Å². The number of ether oxygens (including phenoxy) is 1. The molecule has 0 unspecified atom stereocenters. The Kier molecular flexibility index (Phi) is 6.55. The third-order valence-corrected chi connectivity index (χ3v) is 5.47. The van der Waals surface area contributed by atoms with Crippen molar-refractivity contribution in [1.29, 1.82) is 0 Å². The fourth-order valence-electron chi connectivity index (χ4n) is 2.83. The summed E-state index contributed by atoms with van der Waals surface area (Å²) in [7, 11) is -4.50. The highest BCUT2D eigenvalue weighted by Crippen LogP contribution is 2.26. The Morgan fingerprint density at radius 3 is 1.92 bits per heavy atom. The fourth-order valence-corrected chi connectivity index (χ4v) is 3.30. The second-order valence-corrected chi connectivity index (χ2v) is 8.03. The molecule has 24 heavy (non-hydrogen) atoms.